The van der Waals surface area contributed by atoms with E-state index in [1.165, 1.54) is 0 Å². The van der Waals surface area contributed by atoms with Gasteiger partial charge in [-0.15, -0.1) is 0 Å². The maximum atomic E-state index is 9.76. The Morgan fingerprint density at radius 2 is 1.75 bits per heavy atom. The first-order chi connectivity index (χ1) is 7.66. The van der Waals surface area contributed by atoms with E-state index in [0.717, 1.165) is 5.56 Å². The molecule has 0 bridgehead atoms. The first kappa shape index (κ1) is 10.8. The van der Waals surface area contributed by atoms with Crippen LogP contribution in [0.15, 0.2) is 42.5 Å². The van der Waals surface area contributed by atoms with Crippen molar-refractivity contribution >= 4 is 11.6 Å². The quantitative estimate of drug-likeness (QED) is 0.846. The zero-order chi connectivity index (χ0) is 11.5. The standard InChI is InChI=1S/C13H11ClO2/c1-9-3-2-4-12(13(9)15)16-11-7-5-10(14)6-8-11/h2-8,15H,1H3. The number of phenols is 1. The van der Waals surface area contributed by atoms with Crippen LogP contribution in [0.3, 0.4) is 0 Å². The van der Waals surface area contributed by atoms with E-state index < -0.39 is 0 Å². The van der Waals surface area contributed by atoms with E-state index in [9.17, 15) is 5.11 Å². The molecule has 0 aliphatic carbocycles. The van der Waals surface area contributed by atoms with Gasteiger partial charge in [-0.25, -0.2) is 0 Å². The molecule has 82 valence electrons. The van der Waals surface area contributed by atoms with Crippen LogP contribution >= 0.6 is 11.6 Å². The maximum Gasteiger partial charge on any atom is 0.169 e. The fourth-order valence-corrected chi connectivity index (χ4v) is 1.47. The molecule has 2 aromatic rings. The molecule has 16 heavy (non-hydrogen) atoms. The van der Waals surface area contributed by atoms with Crippen molar-refractivity contribution in [1.82, 2.24) is 0 Å². The van der Waals surface area contributed by atoms with E-state index in [1.807, 2.05) is 19.1 Å². The normalized spacial score (nSPS) is 10.1. The maximum absolute atomic E-state index is 9.76. The van der Waals surface area contributed by atoms with Gasteiger partial charge in [0.1, 0.15) is 5.75 Å². The van der Waals surface area contributed by atoms with Crippen molar-refractivity contribution in [2.24, 2.45) is 0 Å². The molecule has 0 saturated carbocycles. The topological polar surface area (TPSA) is 29.5 Å². The number of para-hydroxylation sites is 1. The van der Waals surface area contributed by atoms with Crippen LogP contribution in [0.2, 0.25) is 5.02 Å². The van der Waals surface area contributed by atoms with E-state index in [0.29, 0.717) is 16.5 Å². The number of aromatic hydroxyl groups is 1. The van der Waals surface area contributed by atoms with E-state index >= 15 is 0 Å². The molecule has 0 aromatic heterocycles. The summed E-state index contributed by atoms with van der Waals surface area (Å²) in [6.07, 6.45) is 0. The van der Waals surface area contributed by atoms with Crippen molar-refractivity contribution in [3.8, 4) is 17.2 Å². The van der Waals surface area contributed by atoms with E-state index in [4.69, 9.17) is 16.3 Å². The summed E-state index contributed by atoms with van der Waals surface area (Å²) in [4.78, 5) is 0. The van der Waals surface area contributed by atoms with Gasteiger partial charge in [-0.2, -0.15) is 0 Å². The molecular weight excluding hydrogens is 224 g/mol. The monoisotopic (exact) mass is 234 g/mol. The van der Waals surface area contributed by atoms with Crippen LogP contribution in [0.25, 0.3) is 0 Å². The van der Waals surface area contributed by atoms with Crippen LogP contribution in [-0.4, -0.2) is 5.11 Å². The van der Waals surface area contributed by atoms with Crippen molar-refractivity contribution in [3.05, 3.63) is 53.1 Å². The van der Waals surface area contributed by atoms with Crippen LogP contribution in [-0.2, 0) is 0 Å². The van der Waals surface area contributed by atoms with Crippen LogP contribution in [0.5, 0.6) is 17.2 Å². The number of phenolic OH excluding ortho intramolecular Hbond substituents is 1. The minimum Gasteiger partial charge on any atom is -0.504 e. The predicted octanol–water partition coefficient (Wildman–Crippen LogP) is 4.15. The smallest absolute Gasteiger partial charge is 0.169 e. The molecule has 0 atom stereocenters. The van der Waals surface area contributed by atoms with E-state index in [1.54, 1.807) is 30.3 Å². The van der Waals surface area contributed by atoms with Gasteiger partial charge in [-0.05, 0) is 42.8 Å². The third-order valence-electron chi connectivity index (χ3n) is 2.24. The average molecular weight is 235 g/mol. The third-order valence-corrected chi connectivity index (χ3v) is 2.49. The zero-order valence-corrected chi connectivity index (χ0v) is 9.53. The summed E-state index contributed by atoms with van der Waals surface area (Å²) < 4.78 is 5.54. The summed E-state index contributed by atoms with van der Waals surface area (Å²) >= 11 is 5.77. The second-order valence-corrected chi connectivity index (χ2v) is 3.91. The largest absolute Gasteiger partial charge is 0.504 e. The summed E-state index contributed by atoms with van der Waals surface area (Å²) in [7, 11) is 0. The van der Waals surface area contributed by atoms with Crippen molar-refractivity contribution in [2.75, 3.05) is 0 Å². The highest BCUT2D eigenvalue weighted by atomic mass is 35.5. The van der Waals surface area contributed by atoms with Gasteiger partial charge < -0.3 is 9.84 Å². The Morgan fingerprint density at radius 3 is 2.44 bits per heavy atom. The van der Waals surface area contributed by atoms with Crippen LogP contribution < -0.4 is 4.74 Å². The second kappa shape index (κ2) is 4.45. The Hall–Kier alpha value is -1.67. The minimum absolute atomic E-state index is 0.164. The molecule has 0 saturated heterocycles. The number of benzene rings is 2. The second-order valence-electron chi connectivity index (χ2n) is 3.48. The predicted molar refractivity (Wildman–Crippen MR) is 64.4 cm³/mol. The summed E-state index contributed by atoms with van der Waals surface area (Å²) in [6.45, 7) is 1.82. The van der Waals surface area contributed by atoms with Gasteiger partial charge in [0.05, 0.1) is 0 Å². The van der Waals surface area contributed by atoms with Gasteiger partial charge in [0.2, 0.25) is 0 Å². The Kier molecular flexibility index (Phi) is 3.02. The fourth-order valence-electron chi connectivity index (χ4n) is 1.34. The number of rotatable bonds is 2. The van der Waals surface area contributed by atoms with Crippen molar-refractivity contribution in [2.45, 2.75) is 6.92 Å². The summed E-state index contributed by atoms with van der Waals surface area (Å²) in [5, 5.41) is 10.4. The lowest BCUT2D eigenvalue weighted by Crippen LogP contribution is -1.85. The van der Waals surface area contributed by atoms with Gasteiger partial charge in [-0.1, -0.05) is 23.7 Å². The third kappa shape index (κ3) is 2.28. The molecule has 0 radical (unpaired) electrons. The number of hydrogen-bond acceptors (Lipinski definition) is 2. The summed E-state index contributed by atoms with van der Waals surface area (Å²) in [6, 6.07) is 12.4. The van der Waals surface area contributed by atoms with E-state index in [2.05, 4.69) is 0 Å². The minimum atomic E-state index is 0.164. The molecule has 0 amide bonds. The Morgan fingerprint density at radius 1 is 1.06 bits per heavy atom. The lowest BCUT2D eigenvalue weighted by atomic mass is 10.2. The van der Waals surface area contributed by atoms with Gasteiger partial charge in [0.15, 0.2) is 11.5 Å². The van der Waals surface area contributed by atoms with Crippen molar-refractivity contribution in [3.63, 3.8) is 0 Å². The number of halogens is 1. The van der Waals surface area contributed by atoms with E-state index in [-0.39, 0.29) is 5.75 Å². The van der Waals surface area contributed by atoms with Crippen molar-refractivity contribution < 1.29 is 9.84 Å². The molecule has 2 rings (SSSR count). The highest BCUT2D eigenvalue weighted by molar-refractivity contribution is 6.30. The molecule has 0 fully saturated rings. The van der Waals surface area contributed by atoms with Crippen LogP contribution in [0, 0.1) is 6.92 Å². The molecule has 2 nitrogen and oxygen atoms in total. The molecule has 0 spiro atoms. The fraction of sp³-hybridized carbons (Fsp3) is 0.0769. The number of ether oxygens (including phenoxy) is 1. The summed E-state index contributed by atoms with van der Waals surface area (Å²) in [5.74, 6) is 1.25. The van der Waals surface area contributed by atoms with Gasteiger partial charge in [0.25, 0.3) is 0 Å². The molecule has 0 aliphatic heterocycles. The Labute approximate surface area is 99.1 Å². The van der Waals surface area contributed by atoms with Gasteiger partial charge >= 0.3 is 0 Å². The van der Waals surface area contributed by atoms with Gasteiger partial charge in [0, 0.05) is 5.02 Å². The molecule has 2 aromatic carbocycles. The first-order valence-corrected chi connectivity index (χ1v) is 5.26. The summed E-state index contributed by atoms with van der Waals surface area (Å²) in [5.41, 5.74) is 0.784. The lowest BCUT2D eigenvalue weighted by molar-refractivity contribution is 0.408. The highest BCUT2D eigenvalue weighted by Crippen LogP contribution is 2.33. The zero-order valence-electron chi connectivity index (χ0n) is 8.77. The Bertz CT molecular complexity index is 492. The molecule has 0 heterocycles. The Balaban J connectivity index is 2.27. The molecular formula is C13H11ClO2. The highest BCUT2D eigenvalue weighted by Gasteiger charge is 2.05. The van der Waals surface area contributed by atoms with Crippen molar-refractivity contribution in [1.29, 1.82) is 0 Å². The molecule has 1 N–H and O–H groups in total. The molecule has 0 aliphatic rings. The first-order valence-electron chi connectivity index (χ1n) is 4.89. The molecule has 3 heteroatoms. The van der Waals surface area contributed by atoms with Crippen LogP contribution in [0.4, 0.5) is 0 Å². The number of hydrogen-bond donors (Lipinski definition) is 1. The van der Waals surface area contributed by atoms with Crippen LogP contribution in [0.1, 0.15) is 5.56 Å². The molecule has 0 unspecified atom stereocenters. The lowest BCUT2D eigenvalue weighted by Gasteiger charge is -2.08. The van der Waals surface area contributed by atoms with Gasteiger partial charge in [-0.3, -0.25) is 0 Å². The number of aryl methyl sites for hydroxylation is 1. The SMILES string of the molecule is Cc1cccc(Oc2ccc(Cl)cc2)c1O. The average Bonchev–Trinajstić information content (AvgIpc) is 2.28.